The molecule has 0 aromatic heterocycles. The van der Waals surface area contributed by atoms with E-state index in [1.807, 2.05) is 10.6 Å². The van der Waals surface area contributed by atoms with Gasteiger partial charge in [0.2, 0.25) is 5.91 Å². The van der Waals surface area contributed by atoms with Crippen LogP contribution in [-0.2, 0) is 4.79 Å². The summed E-state index contributed by atoms with van der Waals surface area (Å²) >= 11 is 1.74. The number of carbonyl (C=O) groups excluding carboxylic acids is 1. The number of anilines is 1. The highest BCUT2D eigenvalue weighted by atomic mass is 32.2. The Morgan fingerprint density at radius 1 is 1.05 bits per heavy atom. The van der Waals surface area contributed by atoms with E-state index in [0.717, 1.165) is 11.1 Å². The van der Waals surface area contributed by atoms with Crippen LogP contribution in [0, 0.1) is 0 Å². The number of fused-ring (bicyclic) bond motifs is 1. The van der Waals surface area contributed by atoms with Gasteiger partial charge in [-0.15, -0.1) is 11.8 Å². The van der Waals surface area contributed by atoms with E-state index in [9.17, 15) is 4.79 Å². The van der Waals surface area contributed by atoms with Gasteiger partial charge in [0.1, 0.15) is 0 Å². The van der Waals surface area contributed by atoms with Crippen LogP contribution in [0.2, 0.25) is 19.6 Å². The fraction of sp³-hybridized carbons (Fsp3) is 0.312. The number of hydrogen-bond donors (Lipinski definition) is 0. The van der Waals surface area contributed by atoms with Crippen LogP contribution < -0.4 is 4.57 Å². The van der Waals surface area contributed by atoms with E-state index in [1.54, 1.807) is 18.7 Å². The second-order valence-corrected chi connectivity index (χ2v) is 11.5. The highest BCUT2D eigenvalue weighted by Gasteiger charge is 2.29. The summed E-state index contributed by atoms with van der Waals surface area (Å²) in [6.45, 7) is 8.26. The van der Waals surface area contributed by atoms with E-state index in [2.05, 4.69) is 56.2 Å². The van der Waals surface area contributed by atoms with Gasteiger partial charge in [0, 0.05) is 22.9 Å². The van der Waals surface area contributed by atoms with Gasteiger partial charge in [0.25, 0.3) is 0 Å². The summed E-state index contributed by atoms with van der Waals surface area (Å²) in [6, 6.07) is 12.6. The van der Waals surface area contributed by atoms with Gasteiger partial charge in [-0.05, 0) is 23.8 Å². The fourth-order valence-corrected chi connectivity index (χ4v) is 5.10. The average molecular weight is 304 g/mol. The van der Waals surface area contributed by atoms with E-state index in [0.29, 0.717) is 0 Å². The molecular weight excluding hydrogens is 282 g/mol. The Morgan fingerprint density at radius 2 is 1.65 bits per heavy atom. The fourth-order valence-electron chi connectivity index (χ4n) is 2.63. The summed E-state index contributed by atoms with van der Waals surface area (Å²) in [5, 5.41) is 2.39. The van der Waals surface area contributed by atoms with Crippen molar-refractivity contribution in [1.82, 2.24) is 0 Å². The molecule has 0 spiro atoms. The average Bonchev–Trinajstić information content (AvgIpc) is 2.37. The molecule has 0 heterocycles. The highest BCUT2D eigenvalue weighted by Crippen LogP contribution is 2.35. The Hall–Kier alpha value is -1.26. The molecule has 0 atom stereocenters. The maximum Gasteiger partial charge on any atom is 0.215 e. The van der Waals surface area contributed by atoms with E-state index in [1.165, 1.54) is 10.3 Å². The summed E-state index contributed by atoms with van der Waals surface area (Å²) < 4.78 is 2.01. The lowest BCUT2D eigenvalue weighted by Crippen LogP contribution is -2.49. The lowest BCUT2D eigenvalue weighted by molar-refractivity contribution is -0.115. The molecule has 2 rings (SSSR count). The second-order valence-electron chi connectivity index (χ2n) is 5.86. The first-order chi connectivity index (χ1) is 9.36. The second kappa shape index (κ2) is 5.62. The van der Waals surface area contributed by atoms with Crippen LogP contribution >= 0.6 is 11.8 Å². The third kappa shape index (κ3) is 2.76. The number of carbonyl (C=O) groups is 1. The van der Waals surface area contributed by atoms with Crippen molar-refractivity contribution in [3.63, 3.8) is 0 Å². The van der Waals surface area contributed by atoms with E-state index in [4.69, 9.17) is 0 Å². The van der Waals surface area contributed by atoms with Gasteiger partial charge in [0.05, 0.1) is 0 Å². The highest BCUT2D eigenvalue weighted by molar-refractivity contribution is 7.98. The van der Waals surface area contributed by atoms with Crippen molar-refractivity contribution in [1.29, 1.82) is 0 Å². The summed E-state index contributed by atoms with van der Waals surface area (Å²) in [5.41, 5.74) is 1.05. The lowest BCUT2D eigenvalue weighted by atomic mass is 10.1. The molecule has 0 saturated carbocycles. The predicted octanol–water partition coefficient (Wildman–Crippen LogP) is 4.75. The minimum atomic E-state index is -1.76. The van der Waals surface area contributed by atoms with Gasteiger partial charge < -0.3 is 4.57 Å². The molecule has 106 valence electrons. The first-order valence-corrected chi connectivity index (χ1v) is 11.4. The quantitative estimate of drug-likeness (QED) is 0.602. The maximum absolute atomic E-state index is 12.1. The van der Waals surface area contributed by atoms with Crippen LogP contribution in [0.15, 0.2) is 41.3 Å². The van der Waals surface area contributed by atoms with Crippen molar-refractivity contribution in [2.75, 3.05) is 10.8 Å². The third-order valence-corrected chi connectivity index (χ3v) is 6.00. The first-order valence-electron chi connectivity index (χ1n) is 6.73. The summed E-state index contributed by atoms with van der Waals surface area (Å²) in [6.07, 6.45) is 2.09. The Morgan fingerprint density at radius 3 is 2.15 bits per heavy atom. The molecule has 0 fully saturated rings. The van der Waals surface area contributed by atoms with Crippen molar-refractivity contribution in [3.05, 3.63) is 36.4 Å². The lowest BCUT2D eigenvalue weighted by Gasteiger charge is -2.34. The third-order valence-electron chi connectivity index (χ3n) is 3.31. The largest absolute Gasteiger partial charge is 0.341 e. The number of benzene rings is 2. The van der Waals surface area contributed by atoms with Crippen LogP contribution in [0.1, 0.15) is 6.92 Å². The van der Waals surface area contributed by atoms with Crippen LogP contribution in [0.3, 0.4) is 0 Å². The Kier molecular flexibility index (Phi) is 4.25. The van der Waals surface area contributed by atoms with Crippen LogP contribution in [0.25, 0.3) is 10.8 Å². The zero-order chi connectivity index (χ0) is 14.9. The van der Waals surface area contributed by atoms with E-state index < -0.39 is 8.24 Å². The molecule has 0 aliphatic rings. The maximum atomic E-state index is 12.1. The number of rotatable bonds is 3. The standard InChI is InChI=1S/C16H21NOSSi/c1-12(18)17(20(3,4)5)15-10-11-16(19-2)14-9-7-6-8-13(14)15/h6-11H,1-5H3. The molecule has 0 aliphatic carbocycles. The molecule has 2 aromatic rings. The predicted molar refractivity (Wildman–Crippen MR) is 92.2 cm³/mol. The molecule has 0 unspecified atom stereocenters. The zero-order valence-corrected chi connectivity index (χ0v) is 14.5. The number of hydrogen-bond acceptors (Lipinski definition) is 2. The van der Waals surface area contributed by atoms with E-state index in [-0.39, 0.29) is 5.91 Å². The van der Waals surface area contributed by atoms with E-state index >= 15 is 0 Å². The van der Waals surface area contributed by atoms with Crippen molar-refractivity contribution in [3.8, 4) is 0 Å². The van der Waals surface area contributed by atoms with Gasteiger partial charge in [0.15, 0.2) is 8.24 Å². The van der Waals surface area contributed by atoms with Crippen molar-refractivity contribution in [2.45, 2.75) is 31.5 Å². The Bertz CT molecular complexity index is 648. The van der Waals surface area contributed by atoms with Gasteiger partial charge in [-0.25, -0.2) is 0 Å². The van der Waals surface area contributed by atoms with Crippen molar-refractivity contribution in [2.24, 2.45) is 0 Å². The molecule has 0 radical (unpaired) electrons. The number of thioether (sulfide) groups is 1. The smallest absolute Gasteiger partial charge is 0.215 e. The number of amides is 1. The molecule has 0 aliphatic heterocycles. The van der Waals surface area contributed by atoms with Gasteiger partial charge >= 0.3 is 0 Å². The minimum Gasteiger partial charge on any atom is -0.341 e. The van der Waals surface area contributed by atoms with Crippen LogP contribution in [0.5, 0.6) is 0 Å². The summed E-state index contributed by atoms with van der Waals surface area (Å²) in [4.78, 5) is 13.4. The number of nitrogens with zero attached hydrogens (tertiary/aromatic N) is 1. The summed E-state index contributed by atoms with van der Waals surface area (Å²) in [5.74, 6) is 0.131. The SMILES string of the molecule is CSc1ccc(N(C(C)=O)[Si](C)(C)C)c2ccccc12. The van der Waals surface area contributed by atoms with Crippen LogP contribution in [0.4, 0.5) is 5.69 Å². The topological polar surface area (TPSA) is 20.3 Å². The Balaban J connectivity index is 2.75. The molecule has 0 N–H and O–H groups in total. The van der Waals surface area contributed by atoms with Crippen molar-refractivity contribution < 1.29 is 4.79 Å². The Labute approximate surface area is 126 Å². The molecular formula is C16H21NOSSi. The van der Waals surface area contributed by atoms with Gasteiger partial charge in [-0.2, -0.15) is 0 Å². The zero-order valence-electron chi connectivity index (χ0n) is 12.7. The minimum absolute atomic E-state index is 0.131. The summed E-state index contributed by atoms with van der Waals surface area (Å²) in [7, 11) is -1.76. The molecule has 1 amide bonds. The molecule has 4 heteroatoms. The first kappa shape index (κ1) is 15.1. The molecule has 0 saturated heterocycles. The van der Waals surface area contributed by atoms with Gasteiger partial charge in [-0.1, -0.05) is 43.9 Å². The molecule has 2 aromatic carbocycles. The van der Waals surface area contributed by atoms with Crippen molar-refractivity contribution >= 4 is 42.4 Å². The molecule has 0 bridgehead atoms. The van der Waals surface area contributed by atoms with Gasteiger partial charge in [-0.3, -0.25) is 4.79 Å². The molecule has 2 nitrogen and oxygen atoms in total. The normalized spacial score (nSPS) is 11.7. The van der Waals surface area contributed by atoms with Crippen LogP contribution in [-0.4, -0.2) is 20.4 Å². The molecule has 20 heavy (non-hydrogen) atoms. The monoisotopic (exact) mass is 303 g/mol.